The molecule has 7 nitrogen and oxygen atoms in total. The van der Waals surface area contributed by atoms with E-state index in [0.717, 1.165) is 23.0 Å². The summed E-state index contributed by atoms with van der Waals surface area (Å²) in [6.07, 6.45) is 1.73. The lowest BCUT2D eigenvalue weighted by molar-refractivity contribution is 0.0997. The van der Waals surface area contributed by atoms with Gasteiger partial charge in [0.2, 0.25) is 0 Å². The van der Waals surface area contributed by atoms with Crippen LogP contribution in [0.2, 0.25) is 5.02 Å². The van der Waals surface area contributed by atoms with Crippen molar-refractivity contribution in [2.45, 2.75) is 4.90 Å². The summed E-state index contributed by atoms with van der Waals surface area (Å²) in [6, 6.07) is 7.07. The number of halogens is 2. The average molecular weight is 445 g/mol. The molecule has 0 unspecified atom stereocenters. The molecular weight excluding hydrogens is 434 g/mol. The summed E-state index contributed by atoms with van der Waals surface area (Å²) in [7, 11) is -4.07. The molecule has 3 rings (SSSR count). The van der Waals surface area contributed by atoms with E-state index < -0.39 is 21.7 Å². The van der Waals surface area contributed by atoms with Gasteiger partial charge in [0.1, 0.15) is 5.75 Å². The van der Waals surface area contributed by atoms with Gasteiger partial charge in [-0.05, 0) is 30.3 Å². The van der Waals surface area contributed by atoms with Crippen molar-refractivity contribution < 1.29 is 18.3 Å². The number of nitrogens with two attached hydrogens (primary N) is 1. The minimum atomic E-state index is -4.07. The van der Waals surface area contributed by atoms with Gasteiger partial charge in [0, 0.05) is 21.6 Å². The van der Waals surface area contributed by atoms with Crippen molar-refractivity contribution in [1.82, 2.24) is 4.98 Å². The van der Waals surface area contributed by atoms with Gasteiger partial charge < -0.3 is 15.8 Å². The second-order valence-corrected chi connectivity index (χ2v) is 8.11. The predicted octanol–water partition coefficient (Wildman–Crippen LogP) is 3.19. The normalized spacial score (nSPS) is 11.6. The van der Waals surface area contributed by atoms with Gasteiger partial charge in [-0.25, -0.2) is 8.42 Å². The van der Waals surface area contributed by atoms with Crippen LogP contribution >= 0.6 is 27.5 Å². The monoisotopic (exact) mass is 443 g/mol. The maximum atomic E-state index is 12.6. The van der Waals surface area contributed by atoms with Gasteiger partial charge in [0.25, 0.3) is 15.9 Å². The molecule has 0 fully saturated rings. The lowest BCUT2D eigenvalue weighted by Crippen LogP contribution is -2.16. The minimum Gasteiger partial charge on any atom is -0.506 e. The number of rotatable bonds is 4. The van der Waals surface area contributed by atoms with Crippen LogP contribution in [-0.2, 0) is 10.0 Å². The van der Waals surface area contributed by atoms with Crippen LogP contribution in [0.3, 0.4) is 0 Å². The zero-order valence-electron chi connectivity index (χ0n) is 12.4. The van der Waals surface area contributed by atoms with Crippen molar-refractivity contribution in [2.24, 2.45) is 5.73 Å². The van der Waals surface area contributed by atoms with Crippen molar-refractivity contribution in [3.8, 4) is 5.75 Å². The molecule has 25 heavy (non-hydrogen) atoms. The van der Waals surface area contributed by atoms with Crippen LogP contribution in [-0.4, -0.2) is 24.4 Å². The Hall–Kier alpha value is -2.23. The van der Waals surface area contributed by atoms with Crippen molar-refractivity contribution in [3.63, 3.8) is 0 Å². The molecule has 0 saturated heterocycles. The Balaban J connectivity index is 2.05. The molecule has 0 atom stereocenters. The summed E-state index contributed by atoms with van der Waals surface area (Å²) < 4.78 is 28.3. The number of aromatic nitrogens is 1. The number of nitrogens with one attached hydrogen (secondary N) is 2. The lowest BCUT2D eigenvalue weighted by atomic mass is 10.2. The molecule has 2 aromatic carbocycles. The summed E-state index contributed by atoms with van der Waals surface area (Å²) in [6.45, 7) is 0. The Kier molecular flexibility index (Phi) is 4.40. The van der Waals surface area contributed by atoms with Crippen molar-refractivity contribution in [3.05, 3.63) is 51.6 Å². The molecule has 0 bridgehead atoms. The van der Waals surface area contributed by atoms with Crippen LogP contribution in [0.15, 0.2) is 45.9 Å². The molecule has 10 heteroatoms. The number of H-pyrrole nitrogens is 1. The third-order valence-corrected chi connectivity index (χ3v) is 5.79. The smallest absolute Gasteiger partial charge is 0.261 e. The van der Waals surface area contributed by atoms with Crippen LogP contribution in [0.1, 0.15) is 10.4 Å². The Labute approximate surface area is 156 Å². The van der Waals surface area contributed by atoms with Crippen LogP contribution in [0.25, 0.3) is 10.9 Å². The van der Waals surface area contributed by atoms with Crippen LogP contribution in [0, 0.1) is 0 Å². The third kappa shape index (κ3) is 3.30. The van der Waals surface area contributed by atoms with Gasteiger partial charge in [-0.15, -0.1) is 0 Å². The highest BCUT2D eigenvalue weighted by atomic mass is 79.9. The van der Waals surface area contributed by atoms with Crippen molar-refractivity contribution in [2.75, 3.05) is 4.72 Å². The summed E-state index contributed by atoms with van der Waals surface area (Å²) in [5.41, 5.74) is 5.78. The number of sulfonamides is 1. The number of phenols is 1. The first-order valence-corrected chi connectivity index (χ1v) is 9.46. The molecule has 0 aliphatic carbocycles. The van der Waals surface area contributed by atoms with Crippen LogP contribution in [0.4, 0.5) is 5.69 Å². The second-order valence-electron chi connectivity index (χ2n) is 5.17. The molecule has 1 heterocycles. The molecule has 0 spiro atoms. The SMILES string of the molecule is NC(=O)c1cc(S(=O)(=O)Nc2cc(Br)c3cc[nH]c3c2)cc(Cl)c1O. The molecule has 3 aromatic rings. The predicted molar refractivity (Wildman–Crippen MR) is 98.4 cm³/mol. The van der Waals surface area contributed by atoms with Gasteiger partial charge in [-0.1, -0.05) is 27.5 Å². The molecular formula is C15H11BrClN3O4S. The highest BCUT2D eigenvalue weighted by Crippen LogP contribution is 2.32. The number of hydrogen-bond donors (Lipinski definition) is 4. The fraction of sp³-hybridized carbons (Fsp3) is 0. The second kappa shape index (κ2) is 6.25. The van der Waals surface area contributed by atoms with Gasteiger partial charge in [0.15, 0.2) is 0 Å². The highest BCUT2D eigenvalue weighted by molar-refractivity contribution is 9.10. The fourth-order valence-electron chi connectivity index (χ4n) is 2.31. The zero-order chi connectivity index (χ0) is 18.4. The van der Waals surface area contributed by atoms with E-state index in [1.807, 2.05) is 6.07 Å². The Morgan fingerprint density at radius 3 is 2.68 bits per heavy atom. The number of anilines is 1. The fourth-order valence-corrected chi connectivity index (χ4v) is 4.28. The van der Waals surface area contributed by atoms with E-state index in [1.165, 1.54) is 0 Å². The van der Waals surface area contributed by atoms with Gasteiger partial charge >= 0.3 is 0 Å². The number of aromatic amines is 1. The van der Waals surface area contributed by atoms with Gasteiger partial charge in [-0.2, -0.15) is 0 Å². The third-order valence-electron chi connectivity index (χ3n) is 3.48. The number of hydrogen-bond acceptors (Lipinski definition) is 4. The number of amides is 1. The molecule has 0 aliphatic rings. The molecule has 5 N–H and O–H groups in total. The molecule has 1 amide bonds. The first-order valence-electron chi connectivity index (χ1n) is 6.81. The van der Waals surface area contributed by atoms with Crippen molar-refractivity contribution >= 4 is 60.1 Å². The standard InChI is InChI=1S/C15H11BrClN3O4S/c16-11-3-7(4-13-9(11)1-2-19-13)20-25(23,24)8-5-10(15(18)22)14(21)12(17)6-8/h1-6,19-21H,(H2,18,22). The quantitative estimate of drug-likeness (QED) is 0.493. The van der Waals surface area contributed by atoms with E-state index in [-0.39, 0.29) is 15.5 Å². The van der Waals surface area contributed by atoms with Gasteiger partial charge in [0.05, 0.1) is 21.2 Å². The van der Waals surface area contributed by atoms with Crippen LogP contribution < -0.4 is 10.5 Å². The Bertz CT molecular complexity index is 1110. The number of fused-ring (bicyclic) bond motifs is 1. The van der Waals surface area contributed by atoms with E-state index in [0.29, 0.717) is 10.2 Å². The van der Waals surface area contributed by atoms with E-state index >= 15 is 0 Å². The summed E-state index contributed by atoms with van der Waals surface area (Å²) in [4.78, 5) is 14.0. The molecule has 0 radical (unpaired) electrons. The Morgan fingerprint density at radius 2 is 2.00 bits per heavy atom. The average Bonchev–Trinajstić information content (AvgIpc) is 2.97. The molecule has 0 saturated carbocycles. The maximum absolute atomic E-state index is 12.6. The summed E-state index contributed by atoms with van der Waals surface area (Å²) in [5, 5.41) is 10.3. The van der Waals surface area contributed by atoms with Crippen molar-refractivity contribution in [1.29, 1.82) is 0 Å². The van der Waals surface area contributed by atoms with E-state index in [2.05, 4.69) is 25.6 Å². The number of benzene rings is 2. The molecule has 130 valence electrons. The largest absolute Gasteiger partial charge is 0.506 e. The van der Waals surface area contributed by atoms with Gasteiger partial charge in [-0.3, -0.25) is 9.52 Å². The highest BCUT2D eigenvalue weighted by Gasteiger charge is 2.21. The van der Waals surface area contributed by atoms with E-state index in [9.17, 15) is 18.3 Å². The lowest BCUT2D eigenvalue weighted by Gasteiger charge is -2.11. The molecule has 0 aliphatic heterocycles. The van der Waals surface area contributed by atoms with E-state index in [4.69, 9.17) is 17.3 Å². The number of carbonyl (C=O) groups excluding carboxylic acids is 1. The summed E-state index contributed by atoms with van der Waals surface area (Å²) >= 11 is 9.17. The van der Waals surface area contributed by atoms with E-state index in [1.54, 1.807) is 18.3 Å². The minimum absolute atomic E-state index is 0.294. The maximum Gasteiger partial charge on any atom is 0.261 e. The number of aromatic hydroxyl groups is 1. The topological polar surface area (TPSA) is 125 Å². The first kappa shape index (κ1) is 17.6. The zero-order valence-corrected chi connectivity index (χ0v) is 15.5. The summed E-state index contributed by atoms with van der Waals surface area (Å²) in [5.74, 6) is -1.56. The number of carbonyl (C=O) groups is 1. The first-order chi connectivity index (χ1) is 11.7. The number of primary amides is 1. The van der Waals surface area contributed by atoms with Crippen LogP contribution in [0.5, 0.6) is 5.75 Å². The molecule has 1 aromatic heterocycles. The Morgan fingerprint density at radius 1 is 1.28 bits per heavy atom.